The Morgan fingerprint density at radius 2 is 2.00 bits per heavy atom. The fourth-order valence-corrected chi connectivity index (χ4v) is 1.45. The van der Waals surface area contributed by atoms with Crippen molar-refractivity contribution < 1.29 is 29.0 Å². The van der Waals surface area contributed by atoms with E-state index in [-0.39, 0.29) is 6.54 Å². The maximum absolute atomic E-state index is 10.6. The molecular weight excluding hydrogens is 262 g/mol. The molecule has 0 aliphatic carbocycles. The van der Waals surface area contributed by atoms with E-state index in [4.69, 9.17) is 23.9 Å². The number of rotatable bonds is 7. The van der Waals surface area contributed by atoms with Crippen molar-refractivity contribution in [3.63, 3.8) is 0 Å². The minimum Gasteiger partial charge on any atom is -0.491 e. The molecule has 2 aromatic carbocycles. The van der Waals surface area contributed by atoms with E-state index < -0.39 is 67.8 Å². The largest absolute Gasteiger partial charge is 0.491 e. The standard InChI is InChI=1S/C18H23NO2/c1-14-8-15(2)10-18(9-14)21-13-17(20)12-19-11-16-6-4-3-5-7-16/h3-10,17,19-20H,11-13H2,1-2H3/i1D3,2D3,8D,9D,10D,12D2,13D2,17D. The van der Waals surface area contributed by atoms with E-state index in [0.717, 1.165) is 0 Å². The molecule has 112 valence electrons. The van der Waals surface area contributed by atoms with Gasteiger partial charge in [-0.1, -0.05) is 36.4 Å². The first-order chi connectivity index (χ1) is 15.6. The zero-order valence-corrected chi connectivity index (χ0v) is 10.9. The van der Waals surface area contributed by atoms with Crippen molar-refractivity contribution in [3.05, 3.63) is 65.1 Å². The van der Waals surface area contributed by atoms with Crippen molar-refractivity contribution in [1.29, 1.82) is 0 Å². The summed E-state index contributed by atoms with van der Waals surface area (Å²) >= 11 is 0. The third-order valence-electron chi connectivity index (χ3n) is 2.32. The van der Waals surface area contributed by atoms with Crippen LogP contribution in [0.4, 0.5) is 0 Å². The lowest BCUT2D eigenvalue weighted by molar-refractivity contribution is 0.106. The SMILES string of the molecule is [2H]c1c(OC([2H])([2H])C([2H])(O)C([2H])([2H])NCc2ccccc2)c([2H])c(C([2H])([2H])[2H])c([2H])c1C([2H])([2H])[2H]. The van der Waals surface area contributed by atoms with Crippen LogP contribution in [0.25, 0.3) is 0 Å². The predicted octanol–water partition coefficient (Wildman–Crippen LogP) is 2.83. The van der Waals surface area contributed by atoms with Gasteiger partial charge in [0, 0.05) is 24.0 Å². The fourth-order valence-electron chi connectivity index (χ4n) is 1.45. The maximum Gasteiger partial charge on any atom is 0.119 e. The van der Waals surface area contributed by atoms with Gasteiger partial charge in [-0.2, -0.15) is 0 Å². The zero-order chi connectivity index (χ0) is 27.2. The van der Waals surface area contributed by atoms with Gasteiger partial charge in [-0.25, -0.2) is 0 Å². The van der Waals surface area contributed by atoms with Crippen LogP contribution < -0.4 is 10.1 Å². The van der Waals surface area contributed by atoms with Gasteiger partial charge in [-0.3, -0.25) is 0 Å². The molecule has 0 aromatic heterocycles. The average Bonchev–Trinajstić information content (AvgIpc) is 2.68. The lowest BCUT2D eigenvalue weighted by Gasteiger charge is -2.14. The van der Waals surface area contributed by atoms with Gasteiger partial charge < -0.3 is 15.2 Å². The van der Waals surface area contributed by atoms with Crippen LogP contribution in [0.15, 0.2) is 48.5 Å². The Labute approximate surface area is 146 Å². The topological polar surface area (TPSA) is 41.5 Å². The summed E-state index contributed by atoms with van der Waals surface area (Å²) in [6.07, 6.45) is -3.76. The first kappa shape index (κ1) is 5.41. The minimum atomic E-state index is -3.76. The van der Waals surface area contributed by atoms with Gasteiger partial charge in [0.25, 0.3) is 0 Å². The Morgan fingerprint density at radius 3 is 2.67 bits per heavy atom. The van der Waals surface area contributed by atoms with E-state index in [9.17, 15) is 5.11 Å². The summed E-state index contributed by atoms with van der Waals surface area (Å²) in [6.45, 7) is -13.6. The molecule has 0 aliphatic heterocycles. The minimum absolute atomic E-state index is 0.238. The van der Waals surface area contributed by atoms with E-state index >= 15 is 0 Å². The van der Waals surface area contributed by atoms with E-state index in [2.05, 4.69) is 5.32 Å². The highest BCUT2D eigenvalue weighted by Crippen LogP contribution is 2.16. The summed E-state index contributed by atoms with van der Waals surface area (Å²) in [5, 5.41) is 12.7. The summed E-state index contributed by atoms with van der Waals surface area (Å²) < 4.78 is 114. The Bertz CT molecular complexity index is 1020. The van der Waals surface area contributed by atoms with Gasteiger partial charge in [0.05, 0.1) is 8.22 Å². The van der Waals surface area contributed by atoms with Gasteiger partial charge in [0.1, 0.15) is 18.4 Å². The Balaban J connectivity index is 2.57. The monoisotopic (exact) mass is 299 g/mol. The summed E-state index contributed by atoms with van der Waals surface area (Å²) in [5.74, 6) is -1.27. The fraction of sp³-hybridized carbons (Fsp3) is 0.333. The number of aliphatic hydroxyl groups is 1. The highest BCUT2D eigenvalue weighted by Gasteiger charge is 2.05. The molecule has 2 rings (SSSR count). The highest BCUT2D eigenvalue weighted by atomic mass is 16.5. The number of nitrogens with one attached hydrogen (secondary N) is 1. The van der Waals surface area contributed by atoms with E-state index in [0.29, 0.717) is 5.56 Å². The second kappa shape index (κ2) is 7.81. The number of benzene rings is 2. The van der Waals surface area contributed by atoms with Crippen molar-refractivity contribution in [2.45, 2.75) is 26.3 Å². The van der Waals surface area contributed by atoms with Crippen LogP contribution in [0.5, 0.6) is 5.75 Å². The van der Waals surface area contributed by atoms with Gasteiger partial charge >= 0.3 is 0 Å². The molecule has 0 amide bonds. The van der Waals surface area contributed by atoms with Crippen molar-refractivity contribution in [1.82, 2.24) is 5.32 Å². The average molecular weight is 299 g/mol. The molecule has 0 saturated carbocycles. The number of ether oxygens (including phenoxy) is 1. The molecule has 3 nitrogen and oxygen atoms in total. The third kappa shape index (κ3) is 5.58. The zero-order valence-electron chi connectivity index (χ0n) is 24.9. The first-order valence-corrected chi connectivity index (χ1v) is 6.00. The van der Waals surface area contributed by atoms with Crippen molar-refractivity contribution in [3.8, 4) is 5.75 Å². The van der Waals surface area contributed by atoms with Crippen LogP contribution in [-0.4, -0.2) is 24.2 Å². The first-order valence-electron chi connectivity index (χ1n) is 13.0. The molecular formula is C18H23NO2. The van der Waals surface area contributed by atoms with E-state index in [1.54, 1.807) is 30.3 Å². The van der Waals surface area contributed by atoms with E-state index in [1.165, 1.54) is 0 Å². The summed E-state index contributed by atoms with van der Waals surface area (Å²) in [7, 11) is 0. The molecule has 0 saturated heterocycles. The Kier molecular flexibility index (Phi) is 2.01. The van der Waals surface area contributed by atoms with Crippen molar-refractivity contribution in [2.75, 3.05) is 13.1 Å². The van der Waals surface area contributed by atoms with Crippen molar-refractivity contribution >= 4 is 0 Å². The molecule has 21 heavy (non-hydrogen) atoms. The lowest BCUT2D eigenvalue weighted by atomic mass is 10.1. The van der Waals surface area contributed by atoms with Crippen molar-refractivity contribution in [2.24, 2.45) is 0 Å². The Morgan fingerprint density at radius 1 is 1.29 bits per heavy atom. The second-order valence-corrected chi connectivity index (χ2v) is 3.97. The van der Waals surface area contributed by atoms with Crippen LogP contribution in [0, 0.1) is 13.7 Å². The van der Waals surface area contributed by atoms with Crippen LogP contribution >= 0.6 is 0 Å². The molecule has 0 aliphatic rings. The molecule has 3 heteroatoms. The third-order valence-corrected chi connectivity index (χ3v) is 2.32. The van der Waals surface area contributed by atoms with Gasteiger partial charge in [0.2, 0.25) is 0 Å². The van der Waals surface area contributed by atoms with Crippen LogP contribution in [0.2, 0.25) is 0 Å². The van der Waals surface area contributed by atoms with Crippen LogP contribution in [-0.2, 0) is 6.54 Å². The van der Waals surface area contributed by atoms with Gasteiger partial charge in [-0.15, -0.1) is 0 Å². The quantitative estimate of drug-likeness (QED) is 0.826. The number of hydrogen-bond acceptors (Lipinski definition) is 3. The second-order valence-electron chi connectivity index (χ2n) is 3.97. The molecule has 0 spiro atoms. The molecule has 1 unspecified atom stereocenters. The predicted molar refractivity (Wildman–Crippen MR) is 85.6 cm³/mol. The van der Waals surface area contributed by atoms with E-state index in [1.807, 2.05) is 0 Å². The summed E-state index contributed by atoms with van der Waals surface area (Å²) in [4.78, 5) is 0. The molecule has 0 bridgehead atoms. The van der Waals surface area contributed by atoms with Gasteiger partial charge in [0.15, 0.2) is 0 Å². The Hall–Kier alpha value is -1.84. The highest BCUT2D eigenvalue weighted by molar-refractivity contribution is 5.33. The smallest absolute Gasteiger partial charge is 0.119 e. The van der Waals surface area contributed by atoms with Gasteiger partial charge in [-0.05, 0) is 42.5 Å². The van der Waals surface area contributed by atoms with Crippen LogP contribution in [0.1, 0.15) is 35.9 Å². The maximum atomic E-state index is 10.6. The molecule has 2 aromatic rings. The molecule has 0 heterocycles. The molecule has 0 radical (unpaired) electrons. The number of hydrogen-bond donors (Lipinski definition) is 2. The van der Waals surface area contributed by atoms with Crippen LogP contribution in [0.3, 0.4) is 0 Å². The molecule has 2 N–H and O–H groups in total. The lowest BCUT2D eigenvalue weighted by Crippen LogP contribution is -2.31. The molecule has 1 atom stereocenters. The summed E-state index contributed by atoms with van der Waals surface area (Å²) in [5.41, 5.74) is -1.74. The summed E-state index contributed by atoms with van der Waals surface area (Å²) in [6, 6.07) is 4.62. The normalized spacial score (nSPS) is 26.0. The molecule has 0 fully saturated rings.